The maximum absolute atomic E-state index is 12.2. The van der Waals surface area contributed by atoms with Crippen molar-refractivity contribution in [2.45, 2.75) is 25.8 Å². The highest BCUT2D eigenvalue weighted by Crippen LogP contribution is 2.19. The summed E-state index contributed by atoms with van der Waals surface area (Å²) in [5.41, 5.74) is 0.625. The van der Waals surface area contributed by atoms with Gasteiger partial charge in [-0.15, -0.1) is 11.3 Å². The largest absolute Gasteiger partial charge is 0.357 e. The average Bonchev–Trinajstić information content (AvgIpc) is 3.29. The van der Waals surface area contributed by atoms with Gasteiger partial charge in [-0.1, -0.05) is 6.07 Å². The quantitative estimate of drug-likeness (QED) is 0.874. The van der Waals surface area contributed by atoms with Gasteiger partial charge in [-0.2, -0.15) is 0 Å². The van der Waals surface area contributed by atoms with Crippen LogP contribution in [0.5, 0.6) is 0 Å². The summed E-state index contributed by atoms with van der Waals surface area (Å²) in [6.07, 6.45) is 4.04. The molecule has 2 aromatic rings. The van der Waals surface area contributed by atoms with Crippen LogP contribution < -0.4 is 15.5 Å². The van der Waals surface area contributed by atoms with Gasteiger partial charge in [0.05, 0.1) is 16.8 Å². The van der Waals surface area contributed by atoms with Crippen molar-refractivity contribution in [3.63, 3.8) is 0 Å². The molecule has 1 aliphatic heterocycles. The fraction of sp³-hybridized carbons (Fsp3) is 0.353. The summed E-state index contributed by atoms with van der Waals surface area (Å²) in [5, 5.41) is 7.29. The Morgan fingerprint density at radius 3 is 2.67 bits per heavy atom. The Morgan fingerprint density at radius 2 is 2.04 bits per heavy atom. The lowest BCUT2D eigenvalue weighted by atomic mass is 10.3. The molecule has 126 valence electrons. The predicted molar refractivity (Wildman–Crippen MR) is 95.6 cm³/mol. The van der Waals surface area contributed by atoms with E-state index < -0.39 is 6.04 Å². The van der Waals surface area contributed by atoms with Crippen molar-refractivity contribution < 1.29 is 9.59 Å². The monoisotopic (exact) mass is 344 g/mol. The van der Waals surface area contributed by atoms with Gasteiger partial charge in [-0.3, -0.25) is 9.59 Å². The third kappa shape index (κ3) is 3.91. The van der Waals surface area contributed by atoms with Crippen molar-refractivity contribution >= 4 is 34.7 Å². The highest BCUT2D eigenvalue weighted by Gasteiger charge is 2.18. The van der Waals surface area contributed by atoms with Crippen molar-refractivity contribution in [1.29, 1.82) is 0 Å². The molecular formula is C17H20N4O2S. The number of nitrogens with zero attached hydrogens (tertiary/aromatic N) is 2. The molecule has 3 rings (SSSR count). The van der Waals surface area contributed by atoms with Crippen LogP contribution in [-0.4, -0.2) is 35.9 Å². The van der Waals surface area contributed by atoms with E-state index in [1.807, 2.05) is 17.5 Å². The molecule has 2 amide bonds. The Kier molecular flexibility index (Phi) is 5.10. The maximum Gasteiger partial charge on any atom is 0.261 e. The SMILES string of the molecule is CC(NC(=O)c1cccs1)C(=O)Nc1ccc(N2CCCC2)nc1. The number of carbonyl (C=O) groups is 2. The van der Waals surface area contributed by atoms with E-state index >= 15 is 0 Å². The summed E-state index contributed by atoms with van der Waals surface area (Å²) in [5.74, 6) is 0.426. The van der Waals surface area contributed by atoms with Crippen LogP contribution in [0.25, 0.3) is 0 Å². The number of thiophene rings is 1. The van der Waals surface area contributed by atoms with Crippen LogP contribution in [0.3, 0.4) is 0 Å². The van der Waals surface area contributed by atoms with Gasteiger partial charge in [-0.05, 0) is 43.3 Å². The number of hydrogen-bond donors (Lipinski definition) is 2. The average molecular weight is 344 g/mol. The number of nitrogens with one attached hydrogen (secondary N) is 2. The summed E-state index contributed by atoms with van der Waals surface area (Å²) < 4.78 is 0. The fourth-order valence-electron chi connectivity index (χ4n) is 2.58. The van der Waals surface area contributed by atoms with E-state index in [1.165, 1.54) is 24.2 Å². The minimum absolute atomic E-state index is 0.241. The number of amides is 2. The summed E-state index contributed by atoms with van der Waals surface area (Å²) in [7, 11) is 0. The zero-order chi connectivity index (χ0) is 16.9. The molecule has 2 aromatic heterocycles. The maximum atomic E-state index is 12.2. The molecule has 3 heterocycles. The van der Waals surface area contributed by atoms with Crippen LogP contribution in [0, 0.1) is 0 Å². The number of hydrogen-bond acceptors (Lipinski definition) is 5. The lowest BCUT2D eigenvalue weighted by molar-refractivity contribution is -0.117. The second kappa shape index (κ2) is 7.44. The van der Waals surface area contributed by atoms with Gasteiger partial charge < -0.3 is 15.5 Å². The molecule has 24 heavy (non-hydrogen) atoms. The molecule has 0 aliphatic carbocycles. The van der Waals surface area contributed by atoms with Gasteiger partial charge in [0.1, 0.15) is 11.9 Å². The number of pyridine rings is 1. The molecule has 1 saturated heterocycles. The van der Waals surface area contributed by atoms with Crippen molar-refractivity contribution in [2.75, 3.05) is 23.3 Å². The van der Waals surface area contributed by atoms with Crippen LogP contribution in [0.4, 0.5) is 11.5 Å². The Balaban J connectivity index is 1.54. The van der Waals surface area contributed by atoms with Gasteiger partial charge in [0, 0.05) is 13.1 Å². The highest BCUT2D eigenvalue weighted by atomic mass is 32.1. The molecule has 6 nitrogen and oxygen atoms in total. The molecule has 1 unspecified atom stereocenters. The molecule has 1 aliphatic rings. The first kappa shape index (κ1) is 16.4. The predicted octanol–water partition coefficient (Wildman–Crippen LogP) is 2.50. The Hall–Kier alpha value is -2.41. The van der Waals surface area contributed by atoms with Crippen LogP contribution in [0.2, 0.25) is 0 Å². The van der Waals surface area contributed by atoms with Gasteiger partial charge in [0.25, 0.3) is 5.91 Å². The molecule has 7 heteroatoms. The molecule has 0 spiro atoms. The molecule has 1 atom stereocenters. The number of carbonyl (C=O) groups excluding carboxylic acids is 2. The second-order valence-electron chi connectivity index (χ2n) is 5.76. The standard InChI is InChI=1S/C17H20N4O2S/c1-12(19-17(23)14-5-4-10-24-14)16(22)20-13-6-7-15(18-11-13)21-8-2-3-9-21/h4-7,10-12H,2-3,8-9H2,1H3,(H,19,23)(H,20,22). The van der Waals surface area contributed by atoms with E-state index in [0.717, 1.165) is 18.9 Å². The minimum Gasteiger partial charge on any atom is -0.357 e. The van der Waals surface area contributed by atoms with E-state index in [1.54, 1.807) is 25.3 Å². The molecular weight excluding hydrogens is 324 g/mol. The number of anilines is 2. The lowest BCUT2D eigenvalue weighted by Crippen LogP contribution is -2.41. The highest BCUT2D eigenvalue weighted by molar-refractivity contribution is 7.12. The molecule has 0 aromatic carbocycles. The van der Waals surface area contributed by atoms with E-state index in [9.17, 15) is 9.59 Å². The first-order chi connectivity index (χ1) is 11.6. The van der Waals surface area contributed by atoms with E-state index in [2.05, 4.69) is 20.5 Å². The van der Waals surface area contributed by atoms with Gasteiger partial charge in [0.15, 0.2) is 0 Å². The normalized spacial score (nSPS) is 15.1. The Labute approximate surface area is 144 Å². The molecule has 2 N–H and O–H groups in total. The Morgan fingerprint density at radius 1 is 1.25 bits per heavy atom. The number of aromatic nitrogens is 1. The number of rotatable bonds is 5. The molecule has 0 bridgehead atoms. The first-order valence-corrected chi connectivity index (χ1v) is 8.87. The van der Waals surface area contributed by atoms with E-state index in [4.69, 9.17) is 0 Å². The molecule has 0 radical (unpaired) electrons. The lowest BCUT2D eigenvalue weighted by Gasteiger charge is -2.17. The van der Waals surface area contributed by atoms with Gasteiger partial charge >= 0.3 is 0 Å². The van der Waals surface area contributed by atoms with Crippen LogP contribution >= 0.6 is 11.3 Å². The van der Waals surface area contributed by atoms with Crippen LogP contribution in [0.1, 0.15) is 29.4 Å². The van der Waals surface area contributed by atoms with Crippen molar-refractivity contribution in [1.82, 2.24) is 10.3 Å². The zero-order valence-corrected chi connectivity index (χ0v) is 14.3. The van der Waals surface area contributed by atoms with E-state index in [-0.39, 0.29) is 11.8 Å². The van der Waals surface area contributed by atoms with E-state index in [0.29, 0.717) is 10.6 Å². The summed E-state index contributed by atoms with van der Waals surface area (Å²) in [4.78, 5) is 31.4. The third-order valence-corrected chi connectivity index (χ3v) is 4.80. The molecule has 1 fully saturated rings. The van der Waals surface area contributed by atoms with Crippen molar-refractivity contribution in [2.24, 2.45) is 0 Å². The van der Waals surface area contributed by atoms with Gasteiger partial charge in [0.2, 0.25) is 5.91 Å². The second-order valence-corrected chi connectivity index (χ2v) is 6.71. The van der Waals surface area contributed by atoms with Crippen molar-refractivity contribution in [3.05, 3.63) is 40.7 Å². The molecule has 0 saturated carbocycles. The van der Waals surface area contributed by atoms with Gasteiger partial charge in [-0.25, -0.2) is 4.98 Å². The fourth-order valence-corrected chi connectivity index (χ4v) is 3.21. The third-order valence-electron chi connectivity index (χ3n) is 3.93. The first-order valence-electron chi connectivity index (χ1n) is 8.00. The smallest absolute Gasteiger partial charge is 0.261 e. The van der Waals surface area contributed by atoms with Crippen LogP contribution in [0.15, 0.2) is 35.8 Å². The minimum atomic E-state index is -0.627. The Bertz CT molecular complexity index is 694. The summed E-state index contributed by atoms with van der Waals surface area (Å²) >= 11 is 1.34. The topological polar surface area (TPSA) is 74.3 Å². The van der Waals surface area contributed by atoms with Crippen molar-refractivity contribution in [3.8, 4) is 0 Å². The summed E-state index contributed by atoms with van der Waals surface area (Å²) in [6.45, 7) is 3.72. The zero-order valence-electron chi connectivity index (χ0n) is 13.5. The van der Waals surface area contributed by atoms with Crippen LogP contribution in [-0.2, 0) is 4.79 Å². The summed E-state index contributed by atoms with van der Waals surface area (Å²) in [6, 6.07) is 6.66.